The van der Waals surface area contributed by atoms with Crippen molar-refractivity contribution >= 4 is 33.3 Å². The van der Waals surface area contributed by atoms with E-state index in [-0.39, 0.29) is 24.7 Å². The number of likely N-dealkylation sites (tertiary alicyclic amines) is 1. The van der Waals surface area contributed by atoms with E-state index in [9.17, 15) is 28.1 Å². The van der Waals surface area contributed by atoms with E-state index in [1.807, 2.05) is 0 Å². The molecule has 1 saturated heterocycles. The SMILES string of the molecule is O=C(N1CCC(CNc2ncc([N+](=O)[O-])cc2Br)CC1)C(F)(F)F. The smallest absolute Gasteiger partial charge is 0.369 e. The quantitative estimate of drug-likeness (QED) is 0.608. The molecule has 0 saturated carbocycles. The van der Waals surface area contributed by atoms with Crippen molar-refractivity contribution in [2.24, 2.45) is 5.92 Å². The average molecular weight is 411 g/mol. The van der Waals surface area contributed by atoms with Crippen molar-refractivity contribution in [3.63, 3.8) is 0 Å². The van der Waals surface area contributed by atoms with Gasteiger partial charge in [0.1, 0.15) is 12.0 Å². The topological polar surface area (TPSA) is 88.4 Å². The fourth-order valence-corrected chi connectivity index (χ4v) is 2.90. The van der Waals surface area contributed by atoms with Crippen LogP contribution in [0.1, 0.15) is 12.8 Å². The molecule has 24 heavy (non-hydrogen) atoms. The van der Waals surface area contributed by atoms with E-state index in [1.54, 1.807) is 0 Å². The lowest BCUT2D eigenvalue weighted by molar-refractivity contribution is -0.385. The standard InChI is InChI=1S/C13H14BrF3N4O3/c14-10-5-9(21(23)24)7-19-11(10)18-6-8-1-3-20(4-2-8)12(22)13(15,16)17/h5,7-8H,1-4,6H2,(H,18,19). The Morgan fingerprint density at radius 2 is 2.08 bits per heavy atom. The summed E-state index contributed by atoms with van der Waals surface area (Å²) in [6.07, 6.45) is -2.82. The number of piperidine rings is 1. The summed E-state index contributed by atoms with van der Waals surface area (Å²) in [6, 6.07) is 1.32. The van der Waals surface area contributed by atoms with Crippen LogP contribution in [0, 0.1) is 16.0 Å². The van der Waals surface area contributed by atoms with Gasteiger partial charge < -0.3 is 10.2 Å². The van der Waals surface area contributed by atoms with Gasteiger partial charge in [0.25, 0.3) is 5.69 Å². The maximum atomic E-state index is 12.4. The van der Waals surface area contributed by atoms with E-state index in [1.165, 1.54) is 6.07 Å². The number of carbonyl (C=O) groups is 1. The van der Waals surface area contributed by atoms with Crippen LogP contribution in [0.2, 0.25) is 0 Å². The van der Waals surface area contributed by atoms with Gasteiger partial charge in [-0.15, -0.1) is 0 Å². The Bertz CT molecular complexity index is 633. The van der Waals surface area contributed by atoms with Crippen LogP contribution in [0.5, 0.6) is 0 Å². The number of nitrogens with zero attached hydrogens (tertiary/aromatic N) is 3. The Morgan fingerprint density at radius 3 is 2.58 bits per heavy atom. The average Bonchev–Trinajstić information content (AvgIpc) is 2.52. The lowest BCUT2D eigenvalue weighted by atomic mass is 9.96. The van der Waals surface area contributed by atoms with Crippen LogP contribution in [0.4, 0.5) is 24.7 Å². The molecule has 1 aliphatic rings. The highest BCUT2D eigenvalue weighted by molar-refractivity contribution is 9.10. The number of anilines is 1. The number of carbonyl (C=O) groups excluding carboxylic acids is 1. The zero-order valence-electron chi connectivity index (χ0n) is 12.3. The number of hydrogen-bond acceptors (Lipinski definition) is 5. The number of alkyl halides is 3. The third-order valence-corrected chi connectivity index (χ3v) is 4.34. The van der Waals surface area contributed by atoms with Crippen molar-refractivity contribution in [2.75, 3.05) is 25.0 Å². The minimum atomic E-state index is -4.83. The lowest BCUT2D eigenvalue weighted by Gasteiger charge is -2.32. The number of aromatic nitrogens is 1. The molecular weight excluding hydrogens is 397 g/mol. The number of nitrogens with one attached hydrogen (secondary N) is 1. The minimum Gasteiger partial charge on any atom is -0.369 e. The molecule has 132 valence electrons. The normalized spacial score (nSPS) is 16.1. The van der Waals surface area contributed by atoms with Gasteiger partial charge in [0.2, 0.25) is 0 Å². The fourth-order valence-electron chi connectivity index (χ4n) is 2.42. The van der Waals surface area contributed by atoms with Crippen molar-refractivity contribution in [3.05, 3.63) is 26.9 Å². The van der Waals surface area contributed by atoms with Gasteiger partial charge in [-0.3, -0.25) is 14.9 Å². The molecule has 0 unspecified atom stereocenters. The first-order chi connectivity index (χ1) is 11.2. The van der Waals surface area contributed by atoms with Crippen molar-refractivity contribution in [1.82, 2.24) is 9.88 Å². The number of pyridine rings is 1. The first-order valence-electron chi connectivity index (χ1n) is 7.08. The maximum Gasteiger partial charge on any atom is 0.471 e. The third kappa shape index (κ3) is 4.56. The van der Waals surface area contributed by atoms with Gasteiger partial charge in [0.05, 0.1) is 9.40 Å². The van der Waals surface area contributed by atoms with E-state index in [4.69, 9.17) is 0 Å². The Labute approximate surface area is 143 Å². The van der Waals surface area contributed by atoms with Gasteiger partial charge in [-0.05, 0) is 34.7 Å². The number of amides is 1. The fraction of sp³-hybridized carbons (Fsp3) is 0.538. The van der Waals surface area contributed by atoms with Gasteiger partial charge >= 0.3 is 12.1 Å². The second kappa shape index (κ2) is 7.32. The van der Waals surface area contributed by atoms with Crippen molar-refractivity contribution in [2.45, 2.75) is 19.0 Å². The van der Waals surface area contributed by atoms with E-state index < -0.39 is 17.0 Å². The molecule has 1 fully saturated rings. The zero-order chi connectivity index (χ0) is 17.9. The largest absolute Gasteiger partial charge is 0.471 e. The predicted octanol–water partition coefficient (Wildman–Crippen LogP) is 2.97. The van der Waals surface area contributed by atoms with Crippen LogP contribution in [0.3, 0.4) is 0 Å². The first-order valence-corrected chi connectivity index (χ1v) is 7.87. The Balaban J connectivity index is 1.85. The predicted molar refractivity (Wildman–Crippen MR) is 82.4 cm³/mol. The molecule has 0 radical (unpaired) electrons. The second-order valence-electron chi connectivity index (χ2n) is 5.40. The molecule has 0 aromatic carbocycles. The summed E-state index contributed by atoms with van der Waals surface area (Å²) < 4.78 is 37.5. The summed E-state index contributed by atoms with van der Waals surface area (Å²) in [4.78, 5) is 26.0. The number of nitro groups is 1. The molecular formula is C13H14BrF3N4O3. The minimum absolute atomic E-state index is 0.0551. The summed E-state index contributed by atoms with van der Waals surface area (Å²) in [5, 5.41) is 13.7. The van der Waals surface area contributed by atoms with Crippen LogP contribution in [0.25, 0.3) is 0 Å². The highest BCUT2D eigenvalue weighted by atomic mass is 79.9. The molecule has 1 N–H and O–H groups in total. The summed E-state index contributed by atoms with van der Waals surface area (Å²) in [6.45, 7) is 0.566. The van der Waals surface area contributed by atoms with E-state index in [0.29, 0.717) is 29.7 Å². The molecule has 0 aliphatic carbocycles. The summed E-state index contributed by atoms with van der Waals surface area (Å²) in [5.74, 6) is -1.28. The highest BCUT2D eigenvalue weighted by Gasteiger charge is 2.43. The monoisotopic (exact) mass is 410 g/mol. The van der Waals surface area contributed by atoms with Crippen LogP contribution in [-0.2, 0) is 4.79 Å². The molecule has 1 aliphatic heterocycles. The van der Waals surface area contributed by atoms with Gasteiger partial charge in [-0.2, -0.15) is 13.2 Å². The molecule has 11 heteroatoms. The van der Waals surface area contributed by atoms with E-state index in [2.05, 4.69) is 26.2 Å². The van der Waals surface area contributed by atoms with Crippen molar-refractivity contribution < 1.29 is 22.9 Å². The zero-order valence-corrected chi connectivity index (χ0v) is 13.9. The van der Waals surface area contributed by atoms with Crippen LogP contribution >= 0.6 is 15.9 Å². The molecule has 2 rings (SSSR count). The Morgan fingerprint density at radius 1 is 1.46 bits per heavy atom. The summed E-state index contributed by atoms with van der Waals surface area (Å²) in [5.41, 5.74) is -0.147. The molecule has 1 aromatic rings. The number of hydrogen-bond donors (Lipinski definition) is 1. The molecule has 0 spiro atoms. The van der Waals surface area contributed by atoms with E-state index >= 15 is 0 Å². The van der Waals surface area contributed by atoms with Gasteiger partial charge in [-0.25, -0.2) is 4.98 Å². The Kier molecular flexibility index (Phi) is 5.62. The lowest BCUT2D eigenvalue weighted by Crippen LogP contribution is -2.46. The van der Waals surface area contributed by atoms with Crippen LogP contribution in [-0.4, -0.2) is 46.5 Å². The van der Waals surface area contributed by atoms with E-state index in [0.717, 1.165) is 11.1 Å². The van der Waals surface area contributed by atoms with Gasteiger partial charge in [0.15, 0.2) is 0 Å². The van der Waals surface area contributed by atoms with Crippen LogP contribution in [0.15, 0.2) is 16.7 Å². The van der Waals surface area contributed by atoms with Crippen LogP contribution < -0.4 is 5.32 Å². The van der Waals surface area contributed by atoms with Crippen molar-refractivity contribution in [1.29, 1.82) is 0 Å². The molecule has 0 bridgehead atoms. The summed E-state index contributed by atoms with van der Waals surface area (Å²) in [7, 11) is 0. The molecule has 7 nitrogen and oxygen atoms in total. The van der Waals surface area contributed by atoms with Crippen molar-refractivity contribution in [3.8, 4) is 0 Å². The number of rotatable bonds is 4. The highest BCUT2D eigenvalue weighted by Crippen LogP contribution is 2.27. The Hall–Kier alpha value is -1.91. The molecule has 1 aromatic heterocycles. The second-order valence-corrected chi connectivity index (χ2v) is 6.25. The van der Waals surface area contributed by atoms with Gasteiger partial charge in [0, 0.05) is 25.7 Å². The molecule has 1 amide bonds. The summed E-state index contributed by atoms with van der Waals surface area (Å²) >= 11 is 3.18. The molecule has 0 atom stereocenters. The maximum absolute atomic E-state index is 12.4. The first kappa shape index (κ1) is 18.4. The molecule has 2 heterocycles. The van der Waals surface area contributed by atoms with Gasteiger partial charge in [-0.1, -0.05) is 0 Å². The number of halogens is 4. The third-order valence-electron chi connectivity index (χ3n) is 3.74.